The molecule has 3 aromatic rings. The van der Waals surface area contributed by atoms with Crippen LogP contribution in [0.3, 0.4) is 0 Å². The van der Waals surface area contributed by atoms with Crippen molar-refractivity contribution in [3.8, 4) is 11.5 Å². The van der Waals surface area contributed by atoms with Crippen molar-refractivity contribution in [1.82, 2.24) is 15.3 Å². The quantitative estimate of drug-likeness (QED) is 0.555. The number of ketones is 1. The molecule has 2 aromatic carbocycles. The zero-order chi connectivity index (χ0) is 22.1. The van der Waals surface area contributed by atoms with Crippen LogP contribution in [0.1, 0.15) is 12.2 Å². The summed E-state index contributed by atoms with van der Waals surface area (Å²) in [6, 6.07) is 11.8. The smallest absolute Gasteiger partial charge is 0.222 e. The van der Waals surface area contributed by atoms with E-state index in [0.29, 0.717) is 23.0 Å². The van der Waals surface area contributed by atoms with Gasteiger partial charge in [-0.1, -0.05) is 12.1 Å². The number of H-pyrrole nitrogens is 1. The van der Waals surface area contributed by atoms with Gasteiger partial charge in [0.15, 0.2) is 5.78 Å². The van der Waals surface area contributed by atoms with Crippen LogP contribution < -0.4 is 25.4 Å². The lowest BCUT2D eigenvalue weighted by molar-refractivity contribution is -0.123. The van der Waals surface area contributed by atoms with Crippen LogP contribution in [0.15, 0.2) is 48.3 Å². The number of aromatic nitrogens is 2. The first kappa shape index (κ1) is 20.3. The molecule has 0 aliphatic carbocycles. The van der Waals surface area contributed by atoms with Gasteiger partial charge in [0.25, 0.3) is 0 Å². The van der Waals surface area contributed by atoms with E-state index in [1.54, 1.807) is 23.1 Å². The highest BCUT2D eigenvalue weighted by atomic mass is 16.5. The largest absolute Gasteiger partial charge is 0.497 e. The number of fused-ring (bicyclic) bond motifs is 1. The molecule has 4 N–H and O–H groups in total. The number of nitrogens with one attached hydrogen (secondary N) is 2. The molecule has 1 aromatic heterocycles. The molecule has 9 nitrogen and oxygen atoms in total. The number of carbonyl (C=O) groups is 2. The number of Topliss-reactive ketones (excluding diaryl/α,β-unsaturated/α-hetero) is 1. The molecular formula is C22H23N5O4. The molecule has 0 radical (unpaired) electrons. The van der Waals surface area contributed by atoms with Gasteiger partial charge in [-0.3, -0.25) is 9.59 Å². The lowest BCUT2D eigenvalue weighted by atomic mass is 10.0. The predicted molar refractivity (Wildman–Crippen MR) is 117 cm³/mol. The minimum Gasteiger partial charge on any atom is -0.497 e. The SMILES string of the molecule is CNC(=O)CC1C(=O)C(c2nc3ccccc3[nH]2)=C(N)N1c1cc(OC)cc(OC)c1. The average molecular weight is 421 g/mol. The van der Waals surface area contributed by atoms with E-state index in [2.05, 4.69) is 15.3 Å². The maximum atomic E-state index is 13.5. The third-order valence-corrected chi connectivity index (χ3v) is 5.27. The van der Waals surface area contributed by atoms with Crippen molar-refractivity contribution in [3.05, 3.63) is 54.1 Å². The van der Waals surface area contributed by atoms with Gasteiger partial charge < -0.3 is 30.4 Å². The topological polar surface area (TPSA) is 123 Å². The third-order valence-electron chi connectivity index (χ3n) is 5.27. The molecule has 0 saturated heterocycles. The molecule has 0 saturated carbocycles. The number of methoxy groups -OCH3 is 2. The molecule has 1 aliphatic rings. The number of nitrogens with two attached hydrogens (primary N) is 1. The predicted octanol–water partition coefficient (Wildman–Crippen LogP) is 1.80. The summed E-state index contributed by atoms with van der Waals surface area (Å²) in [6.45, 7) is 0. The first-order chi connectivity index (χ1) is 15.0. The maximum absolute atomic E-state index is 13.5. The number of ether oxygens (including phenoxy) is 2. The van der Waals surface area contributed by atoms with Gasteiger partial charge in [0.1, 0.15) is 34.8 Å². The summed E-state index contributed by atoms with van der Waals surface area (Å²) in [7, 11) is 4.60. The van der Waals surface area contributed by atoms with Gasteiger partial charge in [-0.2, -0.15) is 0 Å². The van der Waals surface area contributed by atoms with Crippen LogP contribution in [-0.2, 0) is 9.59 Å². The second-order valence-corrected chi connectivity index (χ2v) is 7.06. The Morgan fingerprint density at radius 3 is 2.48 bits per heavy atom. The molecule has 0 fully saturated rings. The molecule has 1 amide bonds. The lowest BCUT2D eigenvalue weighted by Gasteiger charge is -2.27. The van der Waals surface area contributed by atoms with Crippen molar-refractivity contribution in [2.45, 2.75) is 12.5 Å². The van der Waals surface area contributed by atoms with Crippen molar-refractivity contribution in [2.75, 3.05) is 26.2 Å². The molecule has 9 heteroatoms. The summed E-state index contributed by atoms with van der Waals surface area (Å²) in [4.78, 5) is 35.0. The fourth-order valence-electron chi connectivity index (χ4n) is 3.72. The van der Waals surface area contributed by atoms with E-state index in [1.807, 2.05) is 24.3 Å². The van der Waals surface area contributed by atoms with Crippen molar-refractivity contribution in [3.63, 3.8) is 0 Å². The highest BCUT2D eigenvalue weighted by Crippen LogP contribution is 2.38. The monoisotopic (exact) mass is 421 g/mol. The molecule has 0 spiro atoms. The van der Waals surface area contributed by atoms with Gasteiger partial charge in [0, 0.05) is 25.2 Å². The number of rotatable bonds is 6. The summed E-state index contributed by atoms with van der Waals surface area (Å²) in [5.74, 6) is 1.06. The number of nitrogens with zero attached hydrogens (tertiary/aromatic N) is 2. The van der Waals surface area contributed by atoms with Crippen LogP contribution in [-0.4, -0.2) is 49.0 Å². The number of hydrogen-bond acceptors (Lipinski definition) is 7. The van der Waals surface area contributed by atoms with E-state index in [9.17, 15) is 9.59 Å². The molecule has 1 atom stereocenters. The van der Waals surface area contributed by atoms with E-state index in [4.69, 9.17) is 15.2 Å². The van der Waals surface area contributed by atoms with E-state index >= 15 is 0 Å². The van der Waals surface area contributed by atoms with Crippen LogP contribution in [0.25, 0.3) is 16.6 Å². The second kappa shape index (κ2) is 8.02. The van der Waals surface area contributed by atoms with E-state index in [-0.39, 0.29) is 29.5 Å². The van der Waals surface area contributed by atoms with Gasteiger partial charge in [-0.15, -0.1) is 0 Å². The molecule has 0 bridgehead atoms. The van der Waals surface area contributed by atoms with Gasteiger partial charge in [0.05, 0.1) is 37.4 Å². The fraction of sp³-hybridized carbons (Fsp3) is 0.227. The summed E-state index contributed by atoms with van der Waals surface area (Å²) < 4.78 is 10.7. The van der Waals surface area contributed by atoms with Gasteiger partial charge in [-0.25, -0.2) is 4.98 Å². The Kier molecular flexibility index (Phi) is 5.24. The number of para-hydroxylation sites is 2. The highest BCUT2D eigenvalue weighted by molar-refractivity contribution is 6.28. The minimum absolute atomic E-state index is 0.0702. The molecule has 2 heterocycles. The number of imidazole rings is 1. The van der Waals surface area contributed by atoms with Crippen molar-refractivity contribution >= 4 is 34.0 Å². The fourth-order valence-corrected chi connectivity index (χ4v) is 3.72. The Hall–Kier alpha value is -4.01. The van der Waals surface area contributed by atoms with Crippen LogP contribution in [0.5, 0.6) is 11.5 Å². The van der Waals surface area contributed by atoms with Crippen molar-refractivity contribution < 1.29 is 19.1 Å². The molecule has 160 valence electrons. The standard InChI is InChI=1S/C22H23N5O4/c1-24-18(28)11-17-20(29)19(22-25-15-6-4-5-7-16(15)26-22)21(23)27(17)12-8-13(30-2)10-14(9-12)31-3/h4-10,17H,11,23H2,1-3H3,(H,24,28)(H,25,26). The van der Waals surface area contributed by atoms with Crippen molar-refractivity contribution in [1.29, 1.82) is 0 Å². The Morgan fingerprint density at radius 1 is 1.19 bits per heavy atom. The molecular weight excluding hydrogens is 398 g/mol. The Labute approximate surface area is 178 Å². The normalized spacial score (nSPS) is 16.2. The van der Waals surface area contributed by atoms with Crippen LogP contribution >= 0.6 is 0 Å². The maximum Gasteiger partial charge on any atom is 0.222 e. The molecule has 1 unspecified atom stereocenters. The van der Waals surface area contributed by atoms with Crippen LogP contribution in [0.4, 0.5) is 5.69 Å². The Bertz CT molecular complexity index is 1140. The van der Waals surface area contributed by atoms with Gasteiger partial charge >= 0.3 is 0 Å². The van der Waals surface area contributed by atoms with Crippen LogP contribution in [0.2, 0.25) is 0 Å². The van der Waals surface area contributed by atoms with Gasteiger partial charge in [0.2, 0.25) is 5.91 Å². The van der Waals surface area contributed by atoms with Crippen molar-refractivity contribution in [2.24, 2.45) is 5.73 Å². The first-order valence-corrected chi connectivity index (χ1v) is 9.68. The van der Waals surface area contributed by atoms with E-state index in [1.165, 1.54) is 21.3 Å². The number of amides is 1. The van der Waals surface area contributed by atoms with Gasteiger partial charge in [-0.05, 0) is 12.1 Å². The summed E-state index contributed by atoms with van der Waals surface area (Å²) in [5.41, 5.74) is 8.82. The number of hydrogen-bond donors (Lipinski definition) is 3. The Balaban J connectivity index is 1.87. The number of benzene rings is 2. The molecule has 1 aliphatic heterocycles. The van der Waals surface area contributed by atoms with Crippen LogP contribution in [0, 0.1) is 0 Å². The lowest BCUT2D eigenvalue weighted by Crippen LogP contribution is -2.40. The molecule has 4 rings (SSSR count). The Morgan fingerprint density at radius 2 is 1.87 bits per heavy atom. The zero-order valence-electron chi connectivity index (χ0n) is 17.4. The number of aromatic amines is 1. The summed E-state index contributed by atoms with van der Waals surface area (Å²) >= 11 is 0. The summed E-state index contributed by atoms with van der Waals surface area (Å²) in [5, 5.41) is 2.57. The minimum atomic E-state index is -0.833. The number of carbonyl (C=O) groups excluding carboxylic acids is 2. The van der Waals surface area contributed by atoms with E-state index < -0.39 is 6.04 Å². The highest BCUT2D eigenvalue weighted by Gasteiger charge is 2.42. The third kappa shape index (κ3) is 3.54. The first-order valence-electron chi connectivity index (χ1n) is 9.68. The van der Waals surface area contributed by atoms with E-state index in [0.717, 1.165) is 11.0 Å². The summed E-state index contributed by atoms with van der Waals surface area (Å²) in [6.07, 6.45) is -0.0702. The zero-order valence-corrected chi connectivity index (χ0v) is 17.4. The molecule has 31 heavy (non-hydrogen) atoms. The number of anilines is 1. The average Bonchev–Trinajstić information content (AvgIpc) is 3.31. The second-order valence-electron chi connectivity index (χ2n) is 7.06.